The van der Waals surface area contributed by atoms with Crippen LogP contribution in [0.2, 0.25) is 0 Å². The zero-order valence-corrected chi connectivity index (χ0v) is 15.4. The topological polar surface area (TPSA) is 74.5 Å². The zero-order chi connectivity index (χ0) is 19.5. The van der Waals surface area contributed by atoms with Gasteiger partial charge in [0.05, 0.1) is 0 Å². The second kappa shape index (κ2) is 7.67. The van der Waals surface area contributed by atoms with Crippen molar-refractivity contribution in [2.24, 2.45) is 0 Å². The second-order valence-electron chi connectivity index (χ2n) is 6.63. The number of aryl methyl sites for hydroxylation is 1. The summed E-state index contributed by atoms with van der Waals surface area (Å²) in [6, 6.07) is 11.9. The maximum atomic E-state index is 13.1. The van der Waals surface area contributed by atoms with E-state index in [-0.39, 0.29) is 11.7 Å². The number of aromatic nitrogens is 2. The van der Waals surface area contributed by atoms with Crippen LogP contribution in [0.1, 0.15) is 16.2 Å². The average molecular weight is 381 g/mol. The van der Waals surface area contributed by atoms with Crippen molar-refractivity contribution in [1.29, 1.82) is 0 Å². The van der Waals surface area contributed by atoms with E-state index in [4.69, 9.17) is 4.52 Å². The number of hydrogen-bond donors (Lipinski definition) is 1. The van der Waals surface area contributed by atoms with Gasteiger partial charge in [0.25, 0.3) is 5.91 Å². The van der Waals surface area contributed by atoms with Crippen LogP contribution in [0.3, 0.4) is 0 Å². The fourth-order valence-electron chi connectivity index (χ4n) is 3.22. The van der Waals surface area contributed by atoms with Gasteiger partial charge in [-0.25, -0.2) is 4.39 Å². The molecule has 4 rings (SSSR count). The minimum Gasteiger partial charge on any atom is -0.368 e. The molecule has 28 heavy (non-hydrogen) atoms. The van der Waals surface area contributed by atoms with Gasteiger partial charge in [0, 0.05) is 49.8 Å². The molecule has 1 aliphatic rings. The maximum absolute atomic E-state index is 13.1. The largest absolute Gasteiger partial charge is 0.368 e. The summed E-state index contributed by atoms with van der Waals surface area (Å²) in [4.78, 5) is 21.0. The molecule has 8 heteroatoms. The summed E-state index contributed by atoms with van der Waals surface area (Å²) in [5.41, 5.74) is 2.27. The molecular weight excluding hydrogens is 361 g/mol. The van der Waals surface area contributed by atoms with Gasteiger partial charge in [-0.15, -0.1) is 0 Å². The first kappa shape index (κ1) is 18.0. The van der Waals surface area contributed by atoms with Crippen molar-refractivity contribution in [2.45, 2.75) is 6.92 Å². The third-order valence-electron chi connectivity index (χ3n) is 4.68. The molecule has 144 valence electrons. The van der Waals surface area contributed by atoms with Crippen molar-refractivity contribution < 1.29 is 13.7 Å². The molecule has 1 N–H and O–H groups in total. The molecule has 3 heterocycles. The molecule has 3 aromatic rings. The summed E-state index contributed by atoms with van der Waals surface area (Å²) in [6.45, 7) is 4.98. The minimum atomic E-state index is -0.333. The highest BCUT2D eigenvalue weighted by atomic mass is 19.1. The highest BCUT2D eigenvalue weighted by Crippen LogP contribution is 2.21. The van der Waals surface area contributed by atoms with Crippen LogP contribution in [-0.4, -0.2) is 42.2 Å². The molecule has 1 saturated heterocycles. The van der Waals surface area contributed by atoms with Crippen LogP contribution in [0.5, 0.6) is 0 Å². The van der Waals surface area contributed by atoms with Crippen LogP contribution < -0.4 is 15.1 Å². The summed E-state index contributed by atoms with van der Waals surface area (Å²) >= 11 is 0. The lowest BCUT2D eigenvalue weighted by Crippen LogP contribution is -2.46. The molecule has 1 aliphatic heterocycles. The number of nitrogens with one attached hydrogen (secondary N) is 1. The zero-order valence-electron chi connectivity index (χ0n) is 15.4. The van der Waals surface area contributed by atoms with E-state index < -0.39 is 0 Å². The van der Waals surface area contributed by atoms with Gasteiger partial charge in [-0.3, -0.25) is 9.78 Å². The molecule has 0 bridgehead atoms. The summed E-state index contributed by atoms with van der Waals surface area (Å²) in [5, 5.41) is 6.44. The van der Waals surface area contributed by atoms with Crippen LogP contribution in [0.25, 0.3) is 0 Å². The molecule has 1 aromatic carbocycles. The van der Waals surface area contributed by atoms with E-state index in [1.165, 1.54) is 12.1 Å². The molecule has 7 nitrogen and oxygen atoms in total. The summed E-state index contributed by atoms with van der Waals surface area (Å²) in [6.07, 6.45) is 1.63. The molecule has 0 saturated carbocycles. The maximum Gasteiger partial charge on any atom is 0.275 e. The first-order valence-electron chi connectivity index (χ1n) is 9.05. The number of amides is 1. The molecule has 0 radical (unpaired) electrons. The number of anilines is 3. The van der Waals surface area contributed by atoms with Crippen molar-refractivity contribution in [3.05, 3.63) is 65.9 Å². The van der Waals surface area contributed by atoms with E-state index in [1.54, 1.807) is 37.4 Å². The Bertz CT molecular complexity index is 965. The lowest BCUT2D eigenvalue weighted by Gasteiger charge is -2.37. The minimum absolute atomic E-state index is 0.231. The lowest BCUT2D eigenvalue weighted by molar-refractivity contribution is 0.102. The quantitative estimate of drug-likeness (QED) is 0.749. The van der Waals surface area contributed by atoms with Gasteiger partial charge in [0.2, 0.25) is 0 Å². The predicted molar refractivity (Wildman–Crippen MR) is 104 cm³/mol. The van der Waals surface area contributed by atoms with Crippen LogP contribution >= 0.6 is 0 Å². The SMILES string of the molecule is Cc1cc(NC(=O)c2cc(N3CCN(c4ccc(F)cc4)CC3)ccn2)no1. The Labute approximate surface area is 161 Å². The number of benzene rings is 1. The first-order chi connectivity index (χ1) is 13.6. The Morgan fingerprint density at radius 1 is 1.04 bits per heavy atom. The molecule has 2 aromatic heterocycles. The number of halogens is 1. The van der Waals surface area contributed by atoms with E-state index in [1.807, 2.05) is 6.07 Å². The van der Waals surface area contributed by atoms with Crippen molar-refractivity contribution in [3.8, 4) is 0 Å². The number of hydrogen-bond acceptors (Lipinski definition) is 6. The van der Waals surface area contributed by atoms with Crippen molar-refractivity contribution in [3.63, 3.8) is 0 Å². The summed E-state index contributed by atoms with van der Waals surface area (Å²) < 4.78 is 18.1. The molecule has 1 fully saturated rings. The Morgan fingerprint density at radius 3 is 2.36 bits per heavy atom. The van der Waals surface area contributed by atoms with Crippen molar-refractivity contribution >= 4 is 23.1 Å². The van der Waals surface area contributed by atoms with Gasteiger partial charge in [-0.1, -0.05) is 5.16 Å². The van der Waals surface area contributed by atoms with Crippen LogP contribution in [0, 0.1) is 12.7 Å². The molecule has 0 spiro atoms. The number of rotatable bonds is 4. The van der Waals surface area contributed by atoms with Gasteiger partial charge in [-0.05, 0) is 43.3 Å². The first-order valence-corrected chi connectivity index (χ1v) is 9.05. The van der Waals surface area contributed by atoms with E-state index >= 15 is 0 Å². The third kappa shape index (κ3) is 3.95. The average Bonchev–Trinajstić information content (AvgIpc) is 3.13. The molecule has 0 aliphatic carbocycles. The Morgan fingerprint density at radius 2 is 1.71 bits per heavy atom. The number of pyridine rings is 1. The van der Waals surface area contributed by atoms with Crippen molar-refractivity contribution in [2.75, 3.05) is 41.3 Å². The van der Waals surface area contributed by atoms with E-state index in [2.05, 4.69) is 25.3 Å². The van der Waals surface area contributed by atoms with Gasteiger partial charge < -0.3 is 19.6 Å². The van der Waals surface area contributed by atoms with Gasteiger partial charge in [0.1, 0.15) is 17.3 Å². The van der Waals surface area contributed by atoms with Crippen molar-refractivity contribution in [1.82, 2.24) is 10.1 Å². The van der Waals surface area contributed by atoms with Gasteiger partial charge in [-0.2, -0.15) is 0 Å². The van der Waals surface area contributed by atoms with Crippen LogP contribution in [0.4, 0.5) is 21.6 Å². The molecule has 0 atom stereocenters. The van der Waals surface area contributed by atoms with Gasteiger partial charge in [0.15, 0.2) is 5.82 Å². The van der Waals surface area contributed by atoms with Crippen LogP contribution in [0.15, 0.2) is 53.2 Å². The molecule has 1 amide bonds. The smallest absolute Gasteiger partial charge is 0.275 e. The lowest BCUT2D eigenvalue weighted by atomic mass is 10.2. The standard InChI is InChI=1S/C20H20FN5O2/c1-14-12-19(24-28-14)23-20(27)18-13-17(6-7-22-18)26-10-8-25(9-11-26)16-4-2-15(21)3-5-16/h2-7,12-13H,8-11H2,1H3,(H,23,24,27). The highest BCUT2D eigenvalue weighted by Gasteiger charge is 2.19. The fourth-order valence-corrected chi connectivity index (χ4v) is 3.22. The number of carbonyl (C=O) groups is 1. The van der Waals surface area contributed by atoms with Crippen LogP contribution in [-0.2, 0) is 0 Å². The third-order valence-corrected chi connectivity index (χ3v) is 4.68. The van der Waals surface area contributed by atoms with Gasteiger partial charge >= 0.3 is 0 Å². The number of nitrogens with zero attached hydrogens (tertiary/aromatic N) is 4. The Kier molecular flexibility index (Phi) is 4.92. The summed E-state index contributed by atoms with van der Waals surface area (Å²) in [7, 11) is 0. The second-order valence-corrected chi connectivity index (χ2v) is 6.63. The van der Waals surface area contributed by atoms with E-state index in [9.17, 15) is 9.18 Å². The monoisotopic (exact) mass is 381 g/mol. The fraction of sp³-hybridized carbons (Fsp3) is 0.250. The highest BCUT2D eigenvalue weighted by molar-refractivity contribution is 6.02. The Hall–Kier alpha value is -3.42. The summed E-state index contributed by atoms with van der Waals surface area (Å²) in [5.74, 6) is 0.421. The normalized spacial score (nSPS) is 14.2. The number of carbonyl (C=O) groups excluding carboxylic acids is 1. The number of piperazine rings is 1. The Balaban J connectivity index is 1.40. The molecular formula is C20H20FN5O2. The van der Waals surface area contributed by atoms with E-state index in [0.29, 0.717) is 17.3 Å². The predicted octanol–water partition coefficient (Wildman–Crippen LogP) is 3.10. The molecule has 0 unspecified atom stereocenters. The van der Waals surface area contributed by atoms with E-state index in [0.717, 1.165) is 37.6 Å².